The second-order valence-corrected chi connectivity index (χ2v) is 6.30. The average Bonchev–Trinajstić information content (AvgIpc) is 2.98. The van der Waals surface area contributed by atoms with Gasteiger partial charge in [0.25, 0.3) is 0 Å². The Balaban J connectivity index is 1.78. The molecule has 0 aromatic heterocycles. The lowest BCUT2D eigenvalue weighted by atomic mass is 9.93. The highest BCUT2D eigenvalue weighted by molar-refractivity contribution is 5.81. The Kier molecular flexibility index (Phi) is 2.78. The van der Waals surface area contributed by atoms with Gasteiger partial charge in [0.05, 0.1) is 0 Å². The summed E-state index contributed by atoms with van der Waals surface area (Å²) in [5.74, 6) is 2.85. The van der Waals surface area contributed by atoms with Gasteiger partial charge >= 0.3 is 0 Å². The zero-order valence-corrected chi connectivity index (χ0v) is 10.2. The Morgan fingerprint density at radius 3 is 2.00 bits per heavy atom. The average molecular weight is 209 g/mol. The Bertz CT molecular complexity index is 234. The van der Waals surface area contributed by atoms with E-state index in [-0.39, 0.29) is 11.3 Å². The van der Waals surface area contributed by atoms with Crippen LogP contribution >= 0.6 is 0 Å². The van der Waals surface area contributed by atoms with Crippen molar-refractivity contribution in [1.29, 1.82) is 0 Å². The summed E-state index contributed by atoms with van der Waals surface area (Å²) in [5.41, 5.74) is -0.238. The zero-order valence-electron chi connectivity index (χ0n) is 10.2. The van der Waals surface area contributed by atoms with Crippen molar-refractivity contribution in [3.63, 3.8) is 0 Å². The van der Waals surface area contributed by atoms with Gasteiger partial charge < -0.3 is 5.32 Å². The highest BCUT2D eigenvalue weighted by Gasteiger charge is 2.41. The van der Waals surface area contributed by atoms with Gasteiger partial charge in [-0.2, -0.15) is 0 Å². The summed E-state index contributed by atoms with van der Waals surface area (Å²) >= 11 is 0. The Morgan fingerprint density at radius 2 is 1.67 bits per heavy atom. The predicted octanol–water partition coefficient (Wildman–Crippen LogP) is 2.58. The van der Waals surface area contributed by atoms with Crippen molar-refractivity contribution in [2.75, 3.05) is 6.54 Å². The topological polar surface area (TPSA) is 29.1 Å². The van der Waals surface area contributed by atoms with Crippen molar-refractivity contribution in [2.45, 2.75) is 46.5 Å². The minimum Gasteiger partial charge on any atom is -0.355 e. The van der Waals surface area contributed by atoms with E-state index in [2.05, 4.69) is 5.32 Å². The quantitative estimate of drug-likeness (QED) is 0.757. The lowest BCUT2D eigenvalue weighted by Crippen LogP contribution is -2.38. The fourth-order valence-electron chi connectivity index (χ4n) is 2.24. The maximum absolute atomic E-state index is 11.7. The first kappa shape index (κ1) is 11.0. The van der Waals surface area contributed by atoms with Crippen molar-refractivity contribution in [3.05, 3.63) is 0 Å². The molecule has 0 saturated heterocycles. The smallest absolute Gasteiger partial charge is 0.225 e. The van der Waals surface area contributed by atoms with Gasteiger partial charge in [-0.05, 0) is 43.4 Å². The van der Waals surface area contributed by atoms with Gasteiger partial charge in [-0.15, -0.1) is 0 Å². The fourth-order valence-corrected chi connectivity index (χ4v) is 2.24. The predicted molar refractivity (Wildman–Crippen MR) is 61.4 cm³/mol. The molecular weight excluding hydrogens is 186 g/mol. The van der Waals surface area contributed by atoms with Gasteiger partial charge in [0, 0.05) is 12.0 Å². The third-order valence-electron chi connectivity index (χ3n) is 3.63. The van der Waals surface area contributed by atoms with Crippen LogP contribution in [0, 0.1) is 23.2 Å². The molecule has 2 rings (SSSR count). The third-order valence-corrected chi connectivity index (χ3v) is 3.63. The SMILES string of the molecule is CC(C)(C)C(=O)NCC(C1CC1)C1CC1. The minimum absolute atomic E-state index is 0.203. The van der Waals surface area contributed by atoms with E-state index in [1.54, 1.807) is 0 Å². The number of hydrogen-bond acceptors (Lipinski definition) is 1. The van der Waals surface area contributed by atoms with Crippen LogP contribution in [0.3, 0.4) is 0 Å². The first-order valence-corrected chi connectivity index (χ1v) is 6.27. The number of amides is 1. The molecule has 2 fully saturated rings. The largest absolute Gasteiger partial charge is 0.355 e. The van der Waals surface area contributed by atoms with Gasteiger partial charge in [-0.25, -0.2) is 0 Å². The Labute approximate surface area is 92.8 Å². The Morgan fingerprint density at radius 1 is 1.20 bits per heavy atom. The van der Waals surface area contributed by atoms with Crippen molar-refractivity contribution in [2.24, 2.45) is 23.2 Å². The molecule has 0 aromatic carbocycles. The molecule has 15 heavy (non-hydrogen) atoms. The molecule has 0 atom stereocenters. The zero-order chi connectivity index (χ0) is 11.1. The molecule has 0 unspecified atom stereocenters. The van der Waals surface area contributed by atoms with Crippen LogP contribution in [-0.2, 0) is 4.79 Å². The lowest BCUT2D eigenvalue weighted by molar-refractivity contribution is -0.128. The van der Waals surface area contributed by atoms with Crippen LogP contribution < -0.4 is 5.32 Å². The van der Waals surface area contributed by atoms with Crippen molar-refractivity contribution < 1.29 is 4.79 Å². The second-order valence-electron chi connectivity index (χ2n) is 6.30. The molecule has 2 aliphatic rings. The van der Waals surface area contributed by atoms with Gasteiger partial charge in [0.2, 0.25) is 5.91 Å². The molecule has 1 amide bonds. The summed E-state index contributed by atoms with van der Waals surface area (Å²) in [7, 11) is 0. The molecule has 1 N–H and O–H groups in total. The van der Waals surface area contributed by atoms with E-state index < -0.39 is 0 Å². The van der Waals surface area contributed by atoms with Crippen molar-refractivity contribution in [3.8, 4) is 0 Å². The summed E-state index contributed by atoms with van der Waals surface area (Å²) < 4.78 is 0. The standard InChI is InChI=1S/C13H23NO/c1-13(2,3)12(15)14-8-11(9-4-5-9)10-6-7-10/h9-11H,4-8H2,1-3H3,(H,14,15). The molecule has 0 aromatic rings. The fraction of sp³-hybridized carbons (Fsp3) is 0.923. The van der Waals surface area contributed by atoms with Gasteiger partial charge in [-0.3, -0.25) is 4.79 Å². The van der Waals surface area contributed by atoms with Gasteiger partial charge in [0.1, 0.15) is 0 Å². The van der Waals surface area contributed by atoms with E-state index >= 15 is 0 Å². The number of rotatable bonds is 4. The number of nitrogens with one attached hydrogen (secondary N) is 1. The number of hydrogen-bond donors (Lipinski definition) is 1. The maximum atomic E-state index is 11.7. The maximum Gasteiger partial charge on any atom is 0.225 e. The van der Waals surface area contributed by atoms with E-state index in [4.69, 9.17) is 0 Å². The van der Waals surface area contributed by atoms with E-state index in [0.717, 1.165) is 24.3 Å². The first-order valence-electron chi connectivity index (χ1n) is 6.27. The summed E-state index contributed by atoms with van der Waals surface area (Å²) in [5, 5.41) is 3.13. The summed E-state index contributed by atoms with van der Waals surface area (Å²) in [6, 6.07) is 0. The van der Waals surface area contributed by atoms with E-state index in [1.165, 1.54) is 25.7 Å². The number of carbonyl (C=O) groups is 1. The monoisotopic (exact) mass is 209 g/mol. The summed E-state index contributed by atoms with van der Waals surface area (Å²) in [6.45, 7) is 6.86. The van der Waals surface area contributed by atoms with Crippen molar-refractivity contribution >= 4 is 5.91 Å². The van der Waals surface area contributed by atoms with Crippen LogP contribution in [0.2, 0.25) is 0 Å². The summed E-state index contributed by atoms with van der Waals surface area (Å²) in [4.78, 5) is 11.7. The molecule has 2 saturated carbocycles. The molecule has 0 radical (unpaired) electrons. The van der Waals surface area contributed by atoms with Crippen LogP contribution in [0.1, 0.15) is 46.5 Å². The van der Waals surface area contributed by atoms with E-state index in [9.17, 15) is 4.79 Å². The molecule has 0 bridgehead atoms. The van der Waals surface area contributed by atoms with Crippen LogP contribution in [0.25, 0.3) is 0 Å². The van der Waals surface area contributed by atoms with Crippen LogP contribution in [-0.4, -0.2) is 12.5 Å². The van der Waals surface area contributed by atoms with Gasteiger partial charge in [-0.1, -0.05) is 20.8 Å². The lowest BCUT2D eigenvalue weighted by Gasteiger charge is -2.21. The molecule has 0 heterocycles. The molecule has 86 valence electrons. The summed E-state index contributed by atoms with van der Waals surface area (Å²) in [6.07, 6.45) is 5.58. The normalized spacial score (nSPS) is 21.9. The molecule has 0 spiro atoms. The first-order chi connectivity index (χ1) is 6.98. The van der Waals surface area contributed by atoms with Crippen LogP contribution in [0.5, 0.6) is 0 Å². The van der Waals surface area contributed by atoms with E-state index in [1.807, 2.05) is 20.8 Å². The highest BCUT2D eigenvalue weighted by atomic mass is 16.2. The van der Waals surface area contributed by atoms with E-state index in [0.29, 0.717) is 0 Å². The molecular formula is C13H23NO. The number of carbonyl (C=O) groups excluding carboxylic acids is 1. The minimum atomic E-state index is -0.238. The molecule has 0 aliphatic heterocycles. The molecule has 2 aliphatic carbocycles. The Hall–Kier alpha value is -0.530. The highest BCUT2D eigenvalue weighted by Crippen LogP contribution is 2.48. The van der Waals surface area contributed by atoms with Gasteiger partial charge in [0.15, 0.2) is 0 Å². The van der Waals surface area contributed by atoms with Crippen LogP contribution in [0.15, 0.2) is 0 Å². The molecule has 2 heteroatoms. The second kappa shape index (κ2) is 3.80. The molecule has 2 nitrogen and oxygen atoms in total. The van der Waals surface area contributed by atoms with Crippen LogP contribution in [0.4, 0.5) is 0 Å². The third kappa shape index (κ3) is 2.96. The van der Waals surface area contributed by atoms with Crippen molar-refractivity contribution in [1.82, 2.24) is 5.32 Å².